The zero-order valence-corrected chi connectivity index (χ0v) is 12.1. The lowest BCUT2D eigenvalue weighted by atomic mass is 10.1. The number of nitrogens with zero attached hydrogens (tertiary/aromatic N) is 2. The van der Waals surface area contributed by atoms with E-state index in [-0.39, 0.29) is 17.8 Å². The third-order valence-electron chi connectivity index (χ3n) is 3.68. The Bertz CT molecular complexity index is 618. The molecule has 3 rings (SSSR count). The van der Waals surface area contributed by atoms with Gasteiger partial charge in [0.1, 0.15) is 6.61 Å². The molecule has 1 aromatic heterocycles. The van der Waals surface area contributed by atoms with Crippen molar-refractivity contribution in [3.05, 3.63) is 47.7 Å². The molecule has 0 spiro atoms. The number of amides is 1. The first-order valence-electron chi connectivity index (χ1n) is 7.33. The third kappa shape index (κ3) is 3.46. The Kier molecular flexibility index (Phi) is 4.39. The molecule has 2 aromatic rings. The fourth-order valence-corrected chi connectivity index (χ4v) is 2.38. The first-order chi connectivity index (χ1) is 10.7. The van der Waals surface area contributed by atoms with Crippen LogP contribution >= 0.6 is 0 Å². The molecule has 1 aliphatic rings. The second-order valence-electron chi connectivity index (χ2n) is 5.33. The van der Waals surface area contributed by atoms with Gasteiger partial charge in [0.15, 0.2) is 0 Å². The van der Waals surface area contributed by atoms with Gasteiger partial charge in [0.2, 0.25) is 5.76 Å². The lowest BCUT2D eigenvalue weighted by molar-refractivity contribution is 0.0512. The second-order valence-corrected chi connectivity index (χ2v) is 5.33. The lowest BCUT2D eigenvalue weighted by Gasteiger charge is -2.28. The van der Waals surface area contributed by atoms with Crippen molar-refractivity contribution in [2.24, 2.45) is 0 Å². The maximum atomic E-state index is 12.2. The van der Waals surface area contributed by atoms with Crippen molar-refractivity contribution in [1.29, 1.82) is 0 Å². The summed E-state index contributed by atoms with van der Waals surface area (Å²) in [6.07, 6.45) is 0.873. The van der Waals surface area contributed by atoms with Gasteiger partial charge in [-0.05, 0) is 23.6 Å². The van der Waals surface area contributed by atoms with Crippen LogP contribution in [-0.2, 0) is 6.61 Å². The molecule has 116 valence electrons. The molecule has 1 aliphatic heterocycles. The van der Waals surface area contributed by atoms with Gasteiger partial charge in [0.05, 0.1) is 12.2 Å². The molecule has 0 aliphatic carbocycles. The summed E-state index contributed by atoms with van der Waals surface area (Å²) in [7, 11) is 0. The van der Waals surface area contributed by atoms with Gasteiger partial charge in [-0.3, -0.25) is 4.79 Å². The Labute approximate surface area is 128 Å². The number of benzene rings is 1. The Morgan fingerprint density at radius 2 is 2.05 bits per heavy atom. The summed E-state index contributed by atoms with van der Waals surface area (Å²) in [4.78, 5) is 13.9. The highest BCUT2D eigenvalue weighted by molar-refractivity contribution is 5.91. The average molecular weight is 302 g/mol. The number of piperidine rings is 1. The van der Waals surface area contributed by atoms with Gasteiger partial charge in [-0.15, -0.1) is 0 Å². The molecule has 1 amide bonds. The summed E-state index contributed by atoms with van der Waals surface area (Å²) in [6.45, 7) is 1.43. The Morgan fingerprint density at radius 1 is 1.32 bits per heavy atom. The van der Waals surface area contributed by atoms with E-state index in [2.05, 4.69) is 5.16 Å². The Morgan fingerprint density at radius 3 is 2.77 bits per heavy atom. The molecule has 1 saturated heterocycles. The molecule has 1 N–H and O–H groups in total. The van der Waals surface area contributed by atoms with E-state index in [0.717, 1.165) is 5.56 Å². The molecular formula is C16H18N2O4. The number of ether oxygens (including phenoxy) is 1. The molecule has 2 heterocycles. The summed E-state index contributed by atoms with van der Waals surface area (Å²) in [5.74, 6) is 0.248. The molecule has 6 heteroatoms. The van der Waals surface area contributed by atoms with Crippen LogP contribution in [0.4, 0.5) is 0 Å². The van der Waals surface area contributed by atoms with Crippen LogP contribution in [0.2, 0.25) is 0 Å². The van der Waals surface area contributed by atoms with Gasteiger partial charge < -0.3 is 19.3 Å². The zero-order chi connectivity index (χ0) is 15.4. The number of hydrogen-bond donors (Lipinski definition) is 1. The lowest BCUT2D eigenvalue weighted by Crippen LogP contribution is -2.39. The third-order valence-corrected chi connectivity index (χ3v) is 3.68. The molecule has 0 radical (unpaired) electrons. The van der Waals surface area contributed by atoms with Crippen LogP contribution in [0.5, 0.6) is 5.88 Å². The summed E-state index contributed by atoms with van der Waals surface area (Å²) < 4.78 is 10.6. The summed E-state index contributed by atoms with van der Waals surface area (Å²) in [6, 6.07) is 11.2. The number of carbonyl (C=O) groups is 1. The number of likely N-dealkylation sites (tertiary alicyclic amines) is 1. The van der Waals surface area contributed by atoms with Crippen molar-refractivity contribution in [1.82, 2.24) is 10.1 Å². The Balaban J connectivity index is 1.57. The quantitative estimate of drug-likeness (QED) is 0.933. The van der Waals surface area contributed by atoms with Crippen LogP contribution in [-0.4, -0.2) is 40.3 Å². The topological polar surface area (TPSA) is 75.8 Å². The molecular weight excluding hydrogens is 284 g/mol. The van der Waals surface area contributed by atoms with Crippen LogP contribution < -0.4 is 4.74 Å². The van der Waals surface area contributed by atoms with E-state index in [1.165, 1.54) is 6.07 Å². The highest BCUT2D eigenvalue weighted by Gasteiger charge is 2.25. The van der Waals surface area contributed by atoms with Gasteiger partial charge in [0, 0.05) is 13.1 Å². The predicted molar refractivity (Wildman–Crippen MR) is 78.4 cm³/mol. The maximum absolute atomic E-state index is 12.2. The average Bonchev–Trinajstić information content (AvgIpc) is 3.03. The minimum absolute atomic E-state index is 0.166. The SMILES string of the molecule is O=C(c1cc(OCc2ccccc2)no1)N1CCC(O)CC1. The summed E-state index contributed by atoms with van der Waals surface area (Å²) in [5, 5.41) is 13.2. The standard InChI is InChI=1S/C16H18N2O4/c19-13-6-8-18(9-7-13)16(20)14-10-15(17-22-14)21-11-12-4-2-1-3-5-12/h1-5,10,13,19H,6-9,11H2. The number of carbonyl (C=O) groups excluding carboxylic acids is 1. The monoisotopic (exact) mass is 302 g/mol. The number of aliphatic hydroxyl groups is 1. The molecule has 0 unspecified atom stereocenters. The van der Waals surface area contributed by atoms with Gasteiger partial charge in [-0.2, -0.15) is 0 Å². The van der Waals surface area contributed by atoms with Crippen LogP contribution in [0.15, 0.2) is 40.9 Å². The molecule has 1 aromatic carbocycles. The molecule has 0 bridgehead atoms. The molecule has 6 nitrogen and oxygen atoms in total. The maximum Gasteiger partial charge on any atom is 0.292 e. The fourth-order valence-electron chi connectivity index (χ4n) is 2.38. The van der Waals surface area contributed by atoms with E-state index >= 15 is 0 Å². The van der Waals surface area contributed by atoms with Crippen LogP contribution in [0.1, 0.15) is 29.0 Å². The first-order valence-corrected chi connectivity index (χ1v) is 7.33. The predicted octanol–water partition coefficient (Wildman–Crippen LogP) is 1.85. The van der Waals surface area contributed by atoms with Crippen molar-refractivity contribution in [2.45, 2.75) is 25.6 Å². The number of hydrogen-bond acceptors (Lipinski definition) is 5. The second kappa shape index (κ2) is 6.62. The van der Waals surface area contributed by atoms with Crippen LogP contribution in [0.3, 0.4) is 0 Å². The van der Waals surface area contributed by atoms with Gasteiger partial charge >= 0.3 is 0 Å². The number of aliphatic hydroxyl groups excluding tert-OH is 1. The van der Waals surface area contributed by atoms with E-state index in [1.807, 2.05) is 30.3 Å². The minimum atomic E-state index is -0.316. The van der Waals surface area contributed by atoms with Gasteiger partial charge in [-0.25, -0.2) is 0 Å². The van der Waals surface area contributed by atoms with Crippen molar-refractivity contribution >= 4 is 5.91 Å². The smallest absolute Gasteiger partial charge is 0.292 e. The van der Waals surface area contributed by atoms with E-state index < -0.39 is 0 Å². The first kappa shape index (κ1) is 14.6. The van der Waals surface area contributed by atoms with E-state index in [0.29, 0.717) is 38.4 Å². The largest absolute Gasteiger partial charge is 0.471 e. The van der Waals surface area contributed by atoms with Crippen molar-refractivity contribution in [3.8, 4) is 5.88 Å². The Hall–Kier alpha value is -2.34. The van der Waals surface area contributed by atoms with Gasteiger partial charge in [0.25, 0.3) is 11.8 Å². The highest BCUT2D eigenvalue weighted by Crippen LogP contribution is 2.18. The van der Waals surface area contributed by atoms with E-state index in [4.69, 9.17) is 9.26 Å². The number of aromatic nitrogens is 1. The zero-order valence-electron chi connectivity index (χ0n) is 12.1. The normalized spacial score (nSPS) is 15.8. The minimum Gasteiger partial charge on any atom is -0.471 e. The molecule has 22 heavy (non-hydrogen) atoms. The van der Waals surface area contributed by atoms with E-state index in [9.17, 15) is 9.90 Å². The molecule has 0 atom stereocenters. The molecule has 1 fully saturated rings. The van der Waals surface area contributed by atoms with Crippen LogP contribution in [0, 0.1) is 0 Å². The summed E-state index contributed by atoms with van der Waals surface area (Å²) >= 11 is 0. The van der Waals surface area contributed by atoms with Gasteiger partial charge in [-0.1, -0.05) is 30.3 Å². The van der Waals surface area contributed by atoms with Crippen LogP contribution in [0.25, 0.3) is 0 Å². The number of rotatable bonds is 4. The molecule has 0 saturated carbocycles. The highest BCUT2D eigenvalue weighted by atomic mass is 16.5. The fraction of sp³-hybridized carbons (Fsp3) is 0.375. The van der Waals surface area contributed by atoms with Crippen molar-refractivity contribution in [2.75, 3.05) is 13.1 Å². The van der Waals surface area contributed by atoms with Crippen molar-refractivity contribution in [3.63, 3.8) is 0 Å². The van der Waals surface area contributed by atoms with E-state index in [1.54, 1.807) is 4.90 Å². The van der Waals surface area contributed by atoms with Crippen molar-refractivity contribution < 1.29 is 19.2 Å². The summed E-state index contributed by atoms with van der Waals surface area (Å²) in [5.41, 5.74) is 1.02.